The van der Waals surface area contributed by atoms with E-state index in [1.165, 1.54) is 21.4 Å². The lowest BCUT2D eigenvalue weighted by Gasteiger charge is -2.44. The van der Waals surface area contributed by atoms with Gasteiger partial charge in [0.05, 0.1) is 6.20 Å². The predicted molar refractivity (Wildman–Crippen MR) is 141 cm³/mol. The Bertz CT molecular complexity index is 1360. The Hall–Kier alpha value is -3.63. The summed E-state index contributed by atoms with van der Waals surface area (Å²) in [6.07, 6.45) is 9.68. The molecule has 1 saturated carbocycles. The van der Waals surface area contributed by atoms with Gasteiger partial charge in [0, 0.05) is 56.3 Å². The van der Waals surface area contributed by atoms with E-state index in [0.717, 1.165) is 38.5 Å². The highest BCUT2D eigenvalue weighted by Crippen LogP contribution is 2.38. The van der Waals surface area contributed by atoms with Crippen molar-refractivity contribution in [1.82, 2.24) is 29.3 Å². The van der Waals surface area contributed by atoms with Crippen LogP contribution in [0.3, 0.4) is 0 Å². The molecule has 3 fully saturated rings. The average Bonchev–Trinajstić information content (AvgIpc) is 3.43. The molecule has 38 heavy (non-hydrogen) atoms. The number of rotatable bonds is 6. The van der Waals surface area contributed by atoms with Crippen LogP contribution in [0, 0.1) is 5.92 Å². The number of aromatic nitrogens is 3. The van der Waals surface area contributed by atoms with Crippen molar-refractivity contribution in [2.24, 2.45) is 5.92 Å². The molecule has 3 aliphatic rings. The van der Waals surface area contributed by atoms with E-state index >= 15 is 0 Å². The van der Waals surface area contributed by atoms with Crippen molar-refractivity contribution in [2.45, 2.75) is 77.4 Å². The molecule has 2 aromatic heterocycles. The highest BCUT2D eigenvalue weighted by Gasteiger charge is 2.45. The Balaban J connectivity index is 1.45. The van der Waals surface area contributed by atoms with Gasteiger partial charge in [-0.1, -0.05) is 13.8 Å². The van der Waals surface area contributed by atoms with Gasteiger partial charge in [0.25, 0.3) is 11.5 Å². The summed E-state index contributed by atoms with van der Waals surface area (Å²) in [5.74, 6) is -1.09. The van der Waals surface area contributed by atoms with Crippen molar-refractivity contribution in [3.05, 3.63) is 33.8 Å². The monoisotopic (exact) mass is 524 g/mol. The summed E-state index contributed by atoms with van der Waals surface area (Å²) in [7, 11) is 0. The molecule has 3 amide bonds. The Morgan fingerprint density at radius 2 is 1.89 bits per heavy atom. The second-order valence-electron chi connectivity index (χ2n) is 11.2. The fourth-order valence-corrected chi connectivity index (χ4v) is 5.84. The van der Waals surface area contributed by atoms with Gasteiger partial charge in [0.2, 0.25) is 17.7 Å². The summed E-state index contributed by atoms with van der Waals surface area (Å²) in [6, 6.07) is 0.0289. The molecule has 4 heterocycles. The molecule has 204 valence electrons. The van der Waals surface area contributed by atoms with Crippen LogP contribution in [0.1, 0.15) is 75.2 Å². The number of nitrogens with one attached hydrogen (secondary N) is 1. The quantitative estimate of drug-likeness (QED) is 0.554. The van der Waals surface area contributed by atoms with Gasteiger partial charge in [0.1, 0.15) is 5.65 Å². The first-order valence-electron chi connectivity index (χ1n) is 13.5. The molecular weight excluding hydrogens is 488 g/mol. The summed E-state index contributed by atoms with van der Waals surface area (Å²) < 4.78 is 2.66. The zero-order chi connectivity index (χ0) is 27.2. The smallest absolute Gasteiger partial charge is 0.270 e. The molecule has 0 bridgehead atoms. The van der Waals surface area contributed by atoms with Crippen LogP contribution in [0.4, 0.5) is 0 Å². The summed E-state index contributed by atoms with van der Waals surface area (Å²) in [5.41, 5.74) is -0.315. The van der Waals surface area contributed by atoms with Crippen LogP contribution in [0.5, 0.6) is 5.88 Å². The average molecular weight is 525 g/mol. The highest BCUT2D eigenvalue weighted by atomic mass is 16.3. The number of carbonyl (C=O) groups excluding carboxylic acids is 3. The first-order chi connectivity index (χ1) is 18.1. The van der Waals surface area contributed by atoms with E-state index in [1.54, 1.807) is 13.0 Å². The molecule has 5 rings (SSSR count). The van der Waals surface area contributed by atoms with E-state index in [-0.39, 0.29) is 34.9 Å². The predicted octanol–water partition coefficient (Wildman–Crippen LogP) is 1.77. The van der Waals surface area contributed by atoms with E-state index in [2.05, 4.69) is 10.4 Å². The molecule has 0 unspecified atom stereocenters. The SMILES string of the molecule is CC(=O)N1CCC2(CCCN2C(=O)/C=C/c2cnn3c(O)c(C(=O)NC4CC4)c(=O)n(CC(C)C)c23)CC1. The van der Waals surface area contributed by atoms with E-state index in [1.807, 2.05) is 23.6 Å². The lowest BCUT2D eigenvalue weighted by molar-refractivity contribution is -0.135. The number of fused-ring (bicyclic) bond motifs is 1. The number of hydrogen-bond acceptors (Lipinski definition) is 6. The van der Waals surface area contributed by atoms with Crippen molar-refractivity contribution >= 4 is 29.4 Å². The van der Waals surface area contributed by atoms with Crippen LogP contribution < -0.4 is 10.9 Å². The first-order valence-corrected chi connectivity index (χ1v) is 13.5. The largest absolute Gasteiger partial charge is 0.492 e. The van der Waals surface area contributed by atoms with Gasteiger partial charge < -0.3 is 20.2 Å². The number of piperidine rings is 1. The van der Waals surface area contributed by atoms with Gasteiger partial charge in [0.15, 0.2) is 5.56 Å². The van der Waals surface area contributed by atoms with E-state index < -0.39 is 17.3 Å². The van der Waals surface area contributed by atoms with Crippen molar-refractivity contribution in [3.63, 3.8) is 0 Å². The Labute approximate surface area is 221 Å². The minimum Gasteiger partial charge on any atom is -0.492 e. The first kappa shape index (κ1) is 26.0. The zero-order valence-electron chi connectivity index (χ0n) is 22.3. The summed E-state index contributed by atoms with van der Waals surface area (Å²) in [6.45, 7) is 7.76. The number of aromatic hydroxyl groups is 1. The van der Waals surface area contributed by atoms with Crippen molar-refractivity contribution in [3.8, 4) is 5.88 Å². The third-order valence-corrected chi connectivity index (χ3v) is 8.00. The standard InChI is InChI=1S/C27H36N6O5/c1-17(2)16-31-24-19(15-28-33(24)26(38)22(25(31)37)23(36)29-20-6-7-20)5-8-21(35)32-12-4-9-27(32)10-13-30(14-11-27)18(3)34/h5,8,15,17,20,38H,4,6-7,9-14,16H2,1-3H3,(H,29,36)/b8-5+. The number of nitrogens with zero attached hydrogens (tertiary/aromatic N) is 5. The third kappa shape index (κ3) is 4.69. The molecule has 2 saturated heterocycles. The molecule has 0 atom stereocenters. The van der Waals surface area contributed by atoms with Gasteiger partial charge in [-0.15, -0.1) is 0 Å². The Morgan fingerprint density at radius 3 is 2.53 bits per heavy atom. The van der Waals surface area contributed by atoms with Crippen LogP contribution in [0.2, 0.25) is 0 Å². The normalized spacial score (nSPS) is 19.3. The van der Waals surface area contributed by atoms with Crippen LogP contribution in [-0.2, 0) is 16.1 Å². The van der Waals surface area contributed by atoms with E-state index in [4.69, 9.17) is 0 Å². The van der Waals surface area contributed by atoms with Gasteiger partial charge in [-0.2, -0.15) is 9.61 Å². The van der Waals surface area contributed by atoms with Crippen LogP contribution in [-0.4, -0.2) is 78.0 Å². The molecule has 0 radical (unpaired) electrons. The molecular formula is C27H36N6O5. The lowest BCUT2D eigenvalue weighted by Crippen LogP contribution is -2.54. The van der Waals surface area contributed by atoms with Crippen LogP contribution >= 0.6 is 0 Å². The van der Waals surface area contributed by atoms with Crippen molar-refractivity contribution in [1.29, 1.82) is 0 Å². The third-order valence-electron chi connectivity index (χ3n) is 8.00. The molecule has 1 aliphatic carbocycles. The topological polar surface area (TPSA) is 129 Å². The minimum absolute atomic E-state index is 0.0289. The Kier molecular flexibility index (Phi) is 6.79. The summed E-state index contributed by atoms with van der Waals surface area (Å²) >= 11 is 0. The zero-order valence-corrected chi connectivity index (χ0v) is 22.3. The highest BCUT2D eigenvalue weighted by molar-refractivity contribution is 5.97. The van der Waals surface area contributed by atoms with Crippen LogP contribution in [0.15, 0.2) is 17.1 Å². The lowest BCUT2D eigenvalue weighted by atomic mass is 9.85. The molecule has 1 spiro atoms. The maximum absolute atomic E-state index is 13.4. The Morgan fingerprint density at radius 1 is 1.18 bits per heavy atom. The fourth-order valence-electron chi connectivity index (χ4n) is 5.84. The van der Waals surface area contributed by atoms with Gasteiger partial charge in [-0.3, -0.25) is 23.7 Å². The van der Waals surface area contributed by atoms with E-state index in [9.17, 15) is 24.3 Å². The number of carbonyl (C=O) groups is 3. The van der Waals surface area contributed by atoms with Crippen molar-refractivity contribution < 1.29 is 19.5 Å². The second-order valence-corrected chi connectivity index (χ2v) is 11.2. The molecule has 11 heteroatoms. The minimum atomic E-state index is -0.604. The molecule has 2 aromatic rings. The molecule has 11 nitrogen and oxygen atoms in total. The number of amides is 3. The van der Waals surface area contributed by atoms with Crippen molar-refractivity contribution in [2.75, 3.05) is 19.6 Å². The van der Waals surface area contributed by atoms with Gasteiger partial charge >= 0.3 is 0 Å². The summed E-state index contributed by atoms with van der Waals surface area (Å²) in [5, 5.41) is 17.9. The number of hydrogen-bond donors (Lipinski definition) is 2. The molecule has 2 aliphatic heterocycles. The summed E-state index contributed by atoms with van der Waals surface area (Å²) in [4.78, 5) is 55.1. The maximum Gasteiger partial charge on any atom is 0.270 e. The van der Waals surface area contributed by atoms with Gasteiger partial charge in [-0.05, 0) is 50.5 Å². The van der Waals surface area contributed by atoms with Crippen LogP contribution in [0.25, 0.3) is 11.7 Å². The molecule has 2 N–H and O–H groups in total. The number of likely N-dealkylation sites (tertiary alicyclic amines) is 2. The molecule has 0 aromatic carbocycles. The second kappa shape index (κ2) is 9.92. The maximum atomic E-state index is 13.4. The van der Waals surface area contributed by atoms with E-state index in [0.29, 0.717) is 37.4 Å². The fraction of sp³-hybridized carbons (Fsp3) is 0.593. The van der Waals surface area contributed by atoms with Gasteiger partial charge in [-0.25, -0.2) is 0 Å².